The van der Waals surface area contributed by atoms with Gasteiger partial charge in [-0.2, -0.15) is 0 Å². The number of amides is 1. The predicted molar refractivity (Wildman–Crippen MR) is 105 cm³/mol. The van der Waals surface area contributed by atoms with Crippen LogP contribution in [-0.4, -0.2) is 63.8 Å². The van der Waals surface area contributed by atoms with Gasteiger partial charge in [0.2, 0.25) is 0 Å². The maximum atomic E-state index is 13.1. The first kappa shape index (κ1) is 20.4. The van der Waals surface area contributed by atoms with Crippen molar-refractivity contribution in [3.05, 3.63) is 53.8 Å². The third-order valence-electron chi connectivity index (χ3n) is 4.74. The fourth-order valence-corrected chi connectivity index (χ4v) is 3.09. The van der Waals surface area contributed by atoms with Crippen LogP contribution in [0.25, 0.3) is 0 Å². The lowest BCUT2D eigenvalue weighted by molar-refractivity contribution is -0.134. The zero-order chi connectivity index (χ0) is 20.8. The molecule has 0 spiro atoms. The van der Waals surface area contributed by atoms with Crippen molar-refractivity contribution < 1.29 is 28.2 Å². The highest BCUT2D eigenvalue weighted by Crippen LogP contribution is 2.23. The molecule has 0 radical (unpaired) electrons. The normalized spacial score (nSPS) is 13.8. The van der Waals surface area contributed by atoms with Crippen LogP contribution in [0.15, 0.2) is 42.5 Å². The topological polar surface area (TPSA) is 68.3 Å². The summed E-state index contributed by atoms with van der Waals surface area (Å²) in [5.74, 6) is -0.246. The Labute approximate surface area is 168 Å². The van der Waals surface area contributed by atoms with Gasteiger partial charge in [-0.05, 0) is 36.4 Å². The van der Waals surface area contributed by atoms with E-state index in [0.29, 0.717) is 37.7 Å². The number of piperazine rings is 1. The third-order valence-corrected chi connectivity index (χ3v) is 4.74. The second kappa shape index (κ2) is 9.27. The highest BCUT2D eigenvalue weighted by atomic mass is 19.1. The number of nitrogens with zero attached hydrogens (tertiary/aromatic N) is 2. The molecule has 3 rings (SSSR count). The Morgan fingerprint density at radius 3 is 2.07 bits per heavy atom. The molecule has 0 saturated carbocycles. The minimum Gasteiger partial charge on any atom is -0.497 e. The molecule has 0 N–H and O–H groups in total. The van der Waals surface area contributed by atoms with Gasteiger partial charge in [0.15, 0.2) is 6.61 Å². The highest BCUT2D eigenvalue weighted by molar-refractivity contribution is 5.92. The maximum Gasteiger partial charge on any atom is 0.338 e. The lowest BCUT2D eigenvalue weighted by Crippen LogP contribution is -2.49. The first-order chi connectivity index (χ1) is 14.0. The third kappa shape index (κ3) is 5.16. The standard InChI is InChI=1S/C21H23FN2O5/c1-27-18-11-15(12-19(13-18)28-2)21(26)29-14-20(25)24-9-7-23(8-10-24)17-5-3-16(22)4-6-17/h3-6,11-13H,7-10,14H2,1-2H3. The second-order valence-corrected chi connectivity index (χ2v) is 6.52. The number of esters is 1. The molecule has 8 heteroatoms. The molecular formula is C21H23FN2O5. The molecule has 0 aliphatic carbocycles. The van der Waals surface area contributed by atoms with Gasteiger partial charge in [0, 0.05) is 37.9 Å². The van der Waals surface area contributed by atoms with Crippen LogP contribution in [0, 0.1) is 5.82 Å². The average Bonchev–Trinajstić information content (AvgIpc) is 2.77. The van der Waals surface area contributed by atoms with Gasteiger partial charge >= 0.3 is 5.97 Å². The molecule has 1 heterocycles. The maximum absolute atomic E-state index is 13.1. The SMILES string of the molecule is COc1cc(OC)cc(C(=O)OCC(=O)N2CCN(c3ccc(F)cc3)CC2)c1. The molecule has 2 aromatic carbocycles. The van der Waals surface area contributed by atoms with Crippen molar-refractivity contribution >= 4 is 17.6 Å². The fourth-order valence-electron chi connectivity index (χ4n) is 3.09. The van der Waals surface area contributed by atoms with Gasteiger partial charge in [0.25, 0.3) is 5.91 Å². The minimum atomic E-state index is -0.625. The monoisotopic (exact) mass is 402 g/mol. The smallest absolute Gasteiger partial charge is 0.338 e. The van der Waals surface area contributed by atoms with Crippen molar-refractivity contribution in [3.8, 4) is 11.5 Å². The molecule has 154 valence electrons. The van der Waals surface area contributed by atoms with Crippen LogP contribution in [0.4, 0.5) is 10.1 Å². The Morgan fingerprint density at radius 1 is 0.931 bits per heavy atom. The van der Waals surface area contributed by atoms with E-state index in [4.69, 9.17) is 14.2 Å². The van der Waals surface area contributed by atoms with E-state index >= 15 is 0 Å². The van der Waals surface area contributed by atoms with Crippen molar-refractivity contribution in [2.24, 2.45) is 0 Å². The van der Waals surface area contributed by atoms with Gasteiger partial charge in [0.05, 0.1) is 19.8 Å². The van der Waals surface area contributed by atoms with Gasteiger partial charge in [-0.15, -0.1) is 0 Å². The molecule has 1 saturated heterocycles. The first-order valence-corrected chi connectivity index (χ1v) is 9.18. The van der Waals surface area contributed by atoms with Crippen LogP contribution in [0.5, 0.6) is 11.5 Å². The Morgan fingerprint density at radius 2 is 1.52 bits per heavy atom. The zero-order valence-electron chi connectivity index (χ0n) is 16.4. The number of carbonyl (C=O) groups excluding carboxylic acids is 2. The summed E-state index contributed by atoms with van der Waals surface area (Å²) in [5, 5.41) is 0. The number of halogens is 1. The molecule has 0 bridgehead atoms. The zero-order valence-corrected chi connectivity index (χ0v) is 16.4. The van der Waals surface area contributed by atoms with E-state index in [1.807, 2.05) is 0 Å². The van der Waals surface area contributed by atoms with Crippen LogP contribution < -0.4 is 14.4 Å². The Hall–Kier alpha value is -3.29. The quantitative estimate of drug-likeness (QED) is 0.691. The van der Waals surface area contributed by atoms with Crippen molar-refractivity contribution in [1.29, 1.82) is 0 Å². The lowest BCUT2D eigenvalue weighted by Gasteiger charge is -2.36. The average molecular weight is 402 g/mol. The van der Waals surface area contributed by atoms with Crippen LogP contribution in [0.2, 0.25) is 0 Å². The number of anilines is 1. The van der Waals surface area contributed by atoms with Crippen molar-refractivity contribution in [2.45, 2.75) is 0 Å². The van der Waals surface area contributed by atoms with Gasteiger partial charge in [-0.25, -0.2) is 9.18 Å². The largest absolute Gasteiger partial charge is 0.497 e. The number of ether oxygens (including phenoxy) is 3. The molecule has 0 aromatic heterocycles. The molecule has 1 aliphatic heterocycles. The van der Waals surface area contributed by atoms with E-state index in [-0.39, 0.29) is 23.9 Å². The minimum absolute atomic E-state index is 0.245. The van der Waals surface area contributed by atoms with Gasteiger partial charge in [0.1, 0.15) is 17.3 Å². The molecule has 0 unspecified atom stereocenters. The van der Waals surface area contributed by atoms with Crippen molar-refractivity contribution in [1.82, 2.24) is 4.90 Å². The Kier molecular flexibility index (Phi) is 6.54. The van der Waals surface area contributed by atoms with E-state index in [1.54, 1.807) is 23.1 Å². The van der Waals surface area contributed by atoms with E-state index < -0.39 is 5.97 Å². The van der Waals surface area contributed by atoms with Crippen molar-refractivity contribution in [2.75, 3.05) is 51.9 Å². The van der Waals surface area contributed by atoms with Crippen molar-refractivity contribution in [3.63, 3.8) is 0 Å². The summed E-state index contributed by atoms with van der Waals surface area (Å²) in [6.45, 7) is 1.91. The second-order valence-electron chi connectivity index (χ2n) is 6.52. The summed E-state index contributed by atoms with van der Waals surface area (Å²) >= 11 is 0. The summed E-state index contributed by atoms with van der Waals surface area (Å²) in [4.78, 5) is 28.4. The molecule has 29 heavy (non-hydrogen) atoms. The summed E-state index contributed by atoms with van der Waals surface area (Å²) < 4.78 is 28.5. The van der Waals surface area contributed by atoms with Gasteiger partial charge in [-0.1, -0.05) is 0 Å². The lowest BCUT2D eigenvalue weighted by atomic mass is 10.2. The number of methoxy groups -OCH3 is 2. The van der Waals surface area contributed by atoms with E-state index in [1.165, 1.54) is 38.5 Å². The number of hydrogen-bond acceptors (Lipinski definition) is 6. The van der Waals surface area contributed by atoms with Crippen LogP contribution in [0.3, 0.4) is 0 Å². The van der Waals surface area contributed by atoms with E-state index in [9.17, 15) is 14.0 Å². The summed E-state index contributed by atoms with van der Waals surface area (Å²) in [7, 11) is 2.97. The molecule has 2 aromatic rings. The molecule has 1 amide bonds. The highest BCUT2D eigenvalue weighted by Gasteiger charge is 2.22. The van der Waals surface area contributed by atoms with E-state index in [0.717, 1.165) is 5.69 Å². The van der Waals surface area contributed by atoms with Crippen LogP contribution >= 0.6 is 0 Å². The fraction of sp³-hybridized carbons (Fsp3) is 0.333. The summed E-state index contributed by atoms with van der Waals surface area (Å²) in [6, 6.07) is 11.0. The summed E-state index contributed by atoms with van der Waals surface area (Å²) in [6.07, 6.45) is 0. The number of hydrogen-bond donors (Lipinski definition) is 0. The number of carbonyl (C=O) groups is 2. The molecule has 7 nitrogen and oxygen atoms in total. The molecule has 0 atom stereocenters. The van der Waals surface area contributed by atoms with Gasteiger partial charge < -0.3 is 24.0 Å². The Bertz CT molecular complexity index is 842. The predicted octanol–water partition coefficient (Wildman–Crippen LogP) is 2.35. The molecular weight excluding hydrogens is 379 g/mol. The van der Waals surface area contributed by atoms with E-state index in [2.05, 4.69) is 4.90 Å². The summed E-state index contributed by atoms with van der Waals surface area (Å²) in [5.41, 5.74) is 1.16. The van der Waals surface area contributed by atoms with Crippen LogP contribution in [-0.2, 0) is 9.53 Å². The number of benzene rings is 2. The van der Waals surface area contributed by atoms with Crippen LogP contribution in [0.1, 0.15) is 10.4 Å². The molecule has 1 aliphatic rings. The van der Waals surface area contributed by atoms with Gasteiger partial charge in [-0.3, -0.25) is 4.79 Å². The molecule has 1 fully saturated rings. The Balaban J connectivity index is 1.51. The first-order valence-electron chi connectivity index (χ1n) is 9.18. The number of rotatable bonds is 6.